The minimum atomic E-state index is -4.06. The van der Waals surface area contributed by atoms with E-state index in [1.165, 1.54) is 56.6 Å². The Morgan fingerprint density at radius 2 is 1.45 bits per heavy atom. The summed E-state index contributed by atoms with van der Waals surface area (Å²) in [5.74, 6) is -0.108. The number of carbonyl (C=O) groups is 1. The van der Waals surface area contributed by atoms with Crippen LogP contribution in [0.4, 0.5) is 5.69 Å². The fourth-order valence-electron chi connectivity index (χ4n) is 3.35. The largest absolute Gasteiger partial charge is 0.492 e. The summed E-state index contributed by atoms with van der Waals surface area (Å²) in [4.78, 5) is 12.9. The first-order valence-corrected chi connectivity index (χ1v) is 14.9. The van der Waals surface area contributed by atoms with Crippen LogP contribution in [0.1, 0.15) is 11.1 Å². The van der Waals surface area contributed by atoms with Crippen molar-refractivity contribution in [3.05, 3.63) is 82.9 Å². The minimum absolute atomic E-state index is 0.0515. The molecule has 0 bridgehead atoms. The first-order chi connectivity index (χ1) is 17.8. The normalized spacial score (nSPS) is 11.8. The Morgan fingerprint density at radius 1 is 0.868 bits per heavy atom. The number of nitrogens with zero attached hydrogens (tertiary/aromatic N) is 2. The molecule has 0 atom stereocenters. The predicted octanol–water partition coefficient (Wildman–Crippen LogP) is 3.60. The van der Waals surface area contributed by atoms with Gasteiger partial charge in [-0.05, 0) is 67.9 Å². The van der Waals surface area contributed by atoms with E-state index in [1.807, 2.05) is 6.92 Å². The molecule has 0 aliphatic rings. The molecule has 12 heteroatoms. The monoisotopic (exact) mass is 579 g/mol. The van der Waals surface area contributed by atoms with E-state index in [9.17, 15) is 21.6 Å². The second-order valence-electron chi connectivity index (χ2n) is 8.72. The van der Waals surface area contributed by atoms with Crippen LogP contribution in [-0.4, -0.2) is 60.8 Å². The van der Waals surface area contributed by atoms with Crippen molar-refractivity contribution in [2.24, 2.45) is 0 Å². The number of ether oxygens (including phenoxy) is 1. The van der Waals surface area contributed by atoms with Crippen molar-refractivity contribution < 1.29 is 26.4 Å². The van der Waals surface area contributed by atoms with Gasteiger partial charge in [0, 0.05) is 19.1 Å². The molecule has 1 amide bonds. The van der Waals surface area contributed by atoms with Gasteiger partial charge in [-0.2, -0.15) is 0 Å². The van der Waals surface area contributed by atoms with Crippen LogP contribution in [0, 0.1) is 13.8 Å². The van der Waals surface area contributed by atoms with Gasteiger partial charge in [0.05, 0.1) is 22.0 Å². The van der Waals surface area contributed by atoms with Crippen molar-refractivity contribution in [1.29, 1.82) is 0 Å². The van der Waals surface area contributed by atoms with Crippen LogP contribution in [-0.2, 0) is 24.8 Å². The summed E-state index contributed by atoms with van der Waals surface area (Å²) in [5.41, 5.74) is 1.94. The fourth-order valence-corrected chi connectivity index (χ4v) is 5.84. The average molecular weight is 580 g/mol. The number of carbonyl (C=O) groups excluding carboxylic acids is 1. The van der Waals surface area contributed by atoms with Gasteiger partial charge in [0.25, 0.3) is 10.0 Å². The summed E-state index contributed by atoms with van der Waals surface area (Å²) in [7, 11) is -4.71. The lowest BCUT2D eigenvalue weighted by Crippen LogP contribution is -2.42. The molecule has 0 unspecified atom stereocenters. The maximum atomic E-state index is 13.5. The number of hydrogen-bond donors (Lipinski definition) is 1. The maximum absolute atomic E-state index is 13.5. The van der Waals surface area contributed by atoms with Crippen molar-refractivity contribution in [2.45, 2.75) is 23.6 Å². The number of rotatable bonds is 11. The summed E-state index contributed by atoms with van der Waals surface area (Å²) in [6, 6.07) is 17.1. The third kappa shape index (κ3) is 7.04. The molecule has 9 nitrogen and oxygen atoms in total. The Morgan fingerprint density at radius 3 is 2.03 bits per heavy atom. The van der Waals surface area contributed by atoms with Gasteiger partial charge in [0.2, 0.25) is 15.9 Å². The molecule has 0 radical (unpaired) electrons. The van der Waals surface area contributed by atoms with Crippen molar-refractivity contribution in [2.75, 3.05) is 38.1 Å². The summed E-state index contributed by atoms with van der Waals surface area (Å²) in [6.45, 7) is 3.37. The zero-order valence-electron chi connectivity index (χ0n) is 21.5. The third-order valence-electron chi connectivity index (χ3n) is 5.63. The van der Waals surface area contributed by atoms with Gasteiger partial charge in [-0.3, -0.25) is 9.10 Å². The zero-order valence-corrected chi connectivity index (χ0v) is 23.9. The number of halogens is 1. The number of benzene rings is 3. The fraction of sp³-hybridized carbons (Fsp3) is 0.269. The van der Waals surface area contributed by atoms with Gasteiger partial charge in [-0.25, -0.2) is 21.1 Å². The van der Waals surface area contributed by atoms with Crippen LogP contribution in [0.5, 0.6) is 5.75 Å². The van der Waals surface area contributed by atoms with Crippen LogP contribution >= 0.6 is 11.6 Å². The SMILES string of the molecule is Cc1ccc(S(=O)(=O)N(CC(=O)NCCOc2ccc(S(=O)(=O)N(C)C)cc2)c2ccc(C)c(Cl)c2)cc1. The molecule has 0 heterocycles. The van der Waals surface area contributed by atoms with Crippen LogP contribution in [0.25, 0.3) is 0 Å². The zero-order chi connectivity index (χ0) is 28.1. The van der Waals surface area contributed by atoms with Crippen molar-refractivity contribution >= 4 is 43.2 Å². The van der Waals surface area contributed by atoms with Gasteiger partial charge >= 0.3 is 0 Å². The smallest absolute Gasteiger partial charge is 0.264 e. The first kappa shape index (κ1) is 29.4. The van der Waals surface area contributed by atoms with Crippen LogP contribution < -0.4 is 14.4 Å². The number of hydrogen-bond acceptors (Lipinski definition) is 6. The van der Waals surface area contributed by atoms with E-state index in [0.29, 0.717) is 10.8 Å². The molecular formula is C26H30ClN3O6S2. The van der Waals surface area contributed by atoms with Gasteiger partial charge in [-0.1, -0.05) is 35.4 Å². The number of nitrogens with one attached hydrogen (secondary N) is 1. The van der Waals surface area contributed by atoms with E-state index in [0.717, 1.165) is 19.7 Å². The average Bonchev–Trinajstić information content (AvgIpc) is 2.87. The van der Waals surface area contributed by atoms with E-state index in [2.05, 4.69) is 5.32 Å². The number of sulfonamides is 2. The molecule has 0 saturated carbocycles. The van der Waals surface area contributed by atoms with Crippen LogP contribution in [0.15, 0.2) is 76.5 Å². The molecule has 1 N–H and O–H groups in total. The molecular weight excluding hydrogens is 550 g/mol. The highest BCUT2D eigenvalue weighted by atomic mass is 35.5. The van der Waals surface area contributed by atoms with Crippen LogP contribution in [0.2, 0.25) is 5.02 Å². The number of aryl methyl sites for hydroxylation is 2. The van der Waals surface area contributed by atoms with E-state index in [-0.39, 0.29) is 28.6 Å². The van der Waals surface area contributed by atoms with Gasteiger partial charge in [0.1, 0.15) is 18.9 Å². The molecule has 3 rings (SSSR count). The Labute approximate surface area is 229 Å². The van der Waals surface area contributed by atoms with E-state index in [4.69, 9.17) is 16.3 Å². The van der Waals surface area contributed by atoms with E-state index < -0.39 is 32.5 Å². The number of anilines is 1. The Kier molecular flexibility index (Phi) is 9.42. The Balaban J connectivity index is 1.67. The molecule has 0 fully saturated rings. The lowest BCUT2D eigenvalue weighted by molar-refractivity contribution is -0.119. The molecule has 0 saturated heterocycles. The summed E-state index contributed by atoms with van der Waals surface area (Å²) >= 11 is 6.25. The third-order valence-corrected chi connectivity index (χ3v) is 9.66. The quantitative estimate of drug-likeness (QED) is 0.347. The lowest BCUT2D eigenvalue weighted by atomic mass is 10.2. The molecule has 0 aromatic heterocycles. The minimum Gasteiger partial charge on any atom is -0.492 e. The molecule has 0 aliphatic heterocycles. The van der Waals surface area contributed by atoms with Crippen LogP contribution in [0.3, 0.4) is 0 Å². The molecule has 0 aliphatic carbocycles. The van der Waals surface area contributed by atoms with E-state index >= 15 is 0 Å². The lowest BCUT2D eigenvalue weighted by Gasteiger charge is -2.24. The Bertz CT molecular complexity index is 1490. The molecule has 3 aromatic rings. The molecule has 204 valence electrons. The van der Waals surface area contributed by atoms with E-state index in [1.54, 1.807) is 31.2 Å². The van der Waals surface area contributed by atoms with Crippen molar-refractivity contribution in [1.82, 2.24) is 9.62 Å². The summed E-state index contributed by atoms with van der Waals surface area (Å²) in [6.07, 6.45) is 0. The standard InChI is InChI=1S/C26H30ClN3O6S2/c1-19-5-11-24(12-6-19)38(34,35)30(21-8-7-20(2)25(27)17-21)18-26(31)28-15-16-36-22-9-13-23(14-10-22)37(32,33)29(3)4/h5-14,17H,15-16,18H2,1-4H3,(H,28,31). The molecule has 3 aromatic carbocycles. The first-order valence-electron chi connectivity index (χ1n) is 11.6. The summed E-state index contributed by atoms with van der Waals surface area (Å²) in [5, 5.41) is 3.04. The molecule has 38 heavy (non-hydrogen) atoms. The maximum Gasteiger partial charge on any atom is 0.264 e. The van der Waals surface area contributed by atoms with Crippen molar-refractivity contribution in [3.63, 3.8) is 0 Å². The highest BCUT2D eigenvalue weighted by Crippen LogP contribution is 2.28. The highest BCUT2D eigenvalue weighted by molar-refractivity contribution is 7.92. The summed E-state index contributed by atoms with van der Waals surface area (Å²) < 4.78 is 59.0. The second kappa shape index (κ2) is 12.2. The van der Waals surface area contributed by atoms with Crippen molar-refractivity contribution in [3.8, 4) is 5.75 Å². The Hall–Kier alpha value is -3.12. The van der Waals surface area contributed by atoms with Gasteiger partial charge in [-0.15, -0.1) is 0 Å². The topological polar surface area (TPSA) is 113 Å². The number of amides is 1. The van der Waals surface area contributed by atoms with Gasteiger partial charge in [0.15, 0.2) is 0 Å². The second-order valence-corrected chi connectivity index (χ2v) is 13.1. The predicted molar refractivity (Wildman–Crippen MR) is 148 cm³/mol. The molecule has 0 spiro atoms. The van der Waals surface area contributed by atoms with Gasteiger partial charge < -0.3 is 10.1 Å². The highest BCUT2D eigenvalue weighted by Gasteiger charge is 2.27.